The largest absolute Gasteiger partial charge is 0.426 e. The summed E-state index contributed by atoms with van der Waals surface area (Å²) in [6.45, 7) is 6.22. The Labute approximate surface area is 204 Å². The molecular weight excluding hydrogens is 444 g/mol. The molecule has 3 amide bonds. The van der Waals surface area contributed by atoms with E-state index in [4.69, 9.17) is 4.74 Å². The monoisotopic (exact) mass is 472 g/mol. The first-order chi connectivity index (χ1) is 16.7. The van der Waals surface area contributed by atoms with Crippen LogP contribution in [-0.4, -0.2) is 30.2 Å². The third-order valence-corrected chi connectivity index (χ3v) is 7.38. The second-order valence-electron chi connectivity index (χ2n) is 9.81. The van der Waals surface area contributed by atoms with Crippen molar-refractivity contribution in [1.29, 1.82) is 0 Å². The summed E-state index contributed by atoms with van der Waals surface area (Å²) >= 11 is 0. The highest BCUT2D eigenvalue weighted by Gasteiger charge is 2.48. The van der Waals surface area contributed by atoms with Gasteiger partial charge < -0.3 is 9.64 Å². The van der Waals surface area contributed by atoms with E-state index < -0.39 is 11.9 Å². The first-order valence-corrected chi connectivity index (χ1v) is 12.0. The van der Waals surface area contributed by atoms with Gasteiger partial charge >= 0.3 is 5.97 Å². The summed E-state index contributed by atoms with van der Waals surface area (Å²) in [5, 5.41) is 0. The van der Waals surface area contributed by atoms with E-state index in [0.717, 1.165) is 22.4 Å². The minimum Gasteiger partial charge on any atom is -0.426 e. The molecule has 7 nitrogen and oxygen atoms in total. The van der Waals surface area contributed by atoms with E-state index in [-0.39, 0.29) is 48.3 Å². The van der Waals surface area contributed by atoms with Crippen molar-refractivity contribution in [3.8, 4) is 5.75 Å². The van der Waals surface area contributed by atoms with Gasteiger partial charge in [-0.05, 0) is 69.0 Å². The number of amides is 3. The van der Waals surface area contributed by atoms with Crippen LogP contribution in [0.5, 0.6) is 5.75 Å². The van der Waals surface area contributed by atoms with E-state index in [2.05, 4.69) is 0 Å². The van der Waals surface area contributed by atoms with Crippen LogP contribution in [0.25, 0.3) is 0 Å². The van der Waals surface area contributed by atoms with E-state index >= 15 is 0 Å². The van der Waals surface area contributed by atoms with Crippen LogP contribution in [0.3, 0.4) is 0 Å². The zero-order valence-corrected chi connectivity index (χ0v) is 20.1. The number of rotatable bonds is 4. The molecule has 0 N–H and O–H groups in total. The molecule has 2 heterocycles. The molecule has 2 aromatic rings. The number of ether oxygens (including phenoxy) is 1. The predicted octanol–water partition coefficient (Wildman–Crippen LogP) is 4.11. The van der Waals surface area contributed by atoms with Gasteiger partial charge in [-0.1, -0.05) is 23.8 Å². The number of hydrogen-bond acceptors (Lipinski definition) is 5. The van der Waals surface area contributed by atoms with E-state index in [1.165, 1.54) is 4.90 Å². The average molecular weight is 473 g/mol. The number of nitrogens with zero attached hydrogens (tertiary/aromatic N) is 2. The molecule has 7 heteroatoms. The van der Waals surface area contributed by atoms with Gasteiger partial charge in [0, 0.05) is 24.7 Å². The van der Waals surface area contributed by atoms with Gasteiger partial charge in [0.25, 0.3) is 0 Å². The number of anilines is 2. The molecule has 0 unspecified atom stereocenters. The van der Waals surface area contributed by atoms with Gasteiger partial charge in [0.15, 0.2) is 0 Å². The molecule has 0 radical (unpaired) electrons. The number of benzene rings is 2. The van der Waals surface area contributed by atoms with Gasteiger partial charge in [0.05, 0.1) is 23.4 Å². The van der Waals surface area contributed by atoms with Crippen molar-refractivity contribution in [3.63, 3.8) is 0 Å². The lowest BCUT2D eigenvalue weighted by Gasteiger charge is -2.19. The lowest BCUT2D eigenvalue weighted by molar-refractivity contribution is -0.139. The first kappa shape index (κ1) is 23.0. The molecule has 2 aromatic carbocycles. The lowest BCUT2D eigenvalue weighted by atomic mass is 9.82. The first-order valence-electron chi connectivity index (χ1n) is 12.0. The fraction of sp³-hybridized carbons (Fsp3) is 0.357. The van der Waals surface area contributed by atoms with Crippen LogP contribution in [0.2, 0.25) is 0 Å². The highest BCUT2D eigenvalue weighted by atomic mass is 16.5. The van der Waals surface area contributed by atoms with Crippen LogP contribution in [0.4, 0.5) is 11.4 Å². The Morgan fingerprint density at radius 3 is 2.43 bits per heavy atom. The van der Waals surface area contributed by atoms with Crippen LogP contribution >= 0.6 is 0 Å². The van der Waals surface area contributed by atoms with Crippen molar-refractivity contribution in [2.24, 2.45) is 17.8 Å². The smallest absolute Gasteiger partial charge is 0.316 e. The van der Waals surface area contributed by atoms with E-state index in [0.29, 0.717) is 18.5 Å². The van der Waals surface area contributed by atoms with Crippen molar-refractivity contribution in [1.82, 2.24) is 0 Å². The maximum Gasteiger partial charge on any atom is 0.316 e. The molecule has 3 aliphatic rings. The molecule has 2 fully saturated rings. The Bertz CT molecular complexity index is 1280. The summed E-state index contributed by atoms with van der Waals surface area (Å²) in [5.74, 6) is -2.07. The predicted molar refractivity (Wildman–Crippen MR) is 131 cm³/mol. The van der Waals surface area contributed by atoms with Crippen molar-refractivity contribution < 1.29 is 23.9 Å². The molecule has 180 valence electrons. The minimum absolute atomic E-state index is 0.0737. The number of imide groups is 1. The third kappa shape index (κ3) is 4.16. The Hall–Kier alpha value is -3.74. The Balaban J connectivity index is 1.29. The summed E-state index contributed by atoms with van der Waals surface area (Å²) in [7, 11) is 0. The molecule has 35 heavy (non-hydrogen) atoms. The third-order valence-electron chi connectivity index (χ3n) is 7.38. The number of carbonyl (C=O) groups is 4. The maximum absolute atomic E-state index is 13.0. The van der Waals surface area contributed by atoms with Crippen molar-refractivity contribution in [2.45, 2.75) is 40.0 Å². The summed E-state index contributed by atoms with van der Waals surface area (Å²) in [6.07, 6.45) is 3.26. The topological polar surface area (TPSA) is 84.0 Å². The second-order valence-corrected chi connectivity index (χ2v) is 9.81. The number of allylic oxidation sites excluding steroid dienone is 2. The molecule has 0 saturated carbocycles. The van der Waals surface area contributed by atoms with E-state index in [9.17, 15) is 19.2 Å². The van der Waals surface area contributed by atoms with Crippen molar-refractivity contribution >= 4 is 35.1 Å². The normalized spacial score (nSPS) is 24.0. The van der Waals surface area contributed by atoms with Gasteiger partial charge in [0.1, 0.15) is 5.75 Å². The Kier molecular flexibility index (Phi) is 5.79. The van der Waals surface area contributed by atoms with Gasteiger partial charge in [0.2, 0.25) is 17.7 Å². The fourth-order valence-corrected chi connectivity index (χ4v) is 5.19. The van der Waals surface area contributed by atoms with E-state index in [1.807, 2.05) is 45.0 Å². The summed E-state index contributed by atoms with van der Waals surface area (Å²) in [6, 6.07) is 12.3. The summed E-state index contributed by atoms with van der Waals surface area (Å²) in [5.41, 5.74) is 4.51. The standard InChI is InChI=1S/C28H28N2O5/c1-16-7-10-23-24(11-16)27(33)30(26(23)32)21-5-4-6-22(14-21)35-28(34)19-13-25(31)29(15-19)20-9-8-17(2)18(3)12-20/h4-9,12,14,19,23-24H,10-11,13,15H2,1-3H3/t19-,23+,24+/m1/s1. The van der Waals surface area contributed by atoms with Crippen molar-refractivity contribution in [2.75, 3.05) is 16.3 Å². The van der Waals surface area contributed by atoms with Crippen LogP contribution in [0.1, 0.15) is 37.3 Å². The Morgan fingerprint density at radius 1 is 0.886 bits per heavy atom. The molecule has 5 rings (SSSR count). The van der Waals surface area contributed by atoms with Gasteiger partial charge in [-0.2, -0.15) is 0 Å². The number of esters is 1. The lowest BCUT2D eigenvalue weighted by Crippen LogP contribution is -2.31. The van der Waals surface area contributed by atoms with E-state index in [1.54, 1.807) is 29.2 Å². The number of carbonyl (C=O) groups excluding carboxylic acids is 4. The average Bonchev–Trinajstić information content (AvgIpc) is 3.33. The zero-order chi connectivity index (χ0) is 24.9. The van der Waals surface area contributed by atoms with Gasteiger partial charge in [-0.3, -0.25) is 19.2 Å². The molecule has 0 spiro atoms. The Morgan fingerprint density at radius 2 is 1.66 bits per heavy atom. The van der Waals surface area contributed by atoms with Crippen LogP contribution < -0.4 is 14.5 Å². The molecule has 0 bridgehead atoms. The molecular formula is C28H28N2O5. The SMILES string of the molecule is CC1=CC[C@@H]2C(=O)N(c3cccc(OC(=O)[C@@H]4CC(=O)N(c5ccc(C)c(C)c5)C4)c3)C(=O)[C@H]2C1. The molecule has 3 atom stereocenters. The highest BCUT2D eigenvalue weighted by Crippen LogP contribution is 2.40. The minimum atomic E-state index is -0.597. The van der Waals surface area contributed by atoms with Gasteiger partial charge in [-0.25, -0.2) is 4.90 Å². The number of aryl methyl sites for hydroxylation is 2. The molecule has 2 saturated heterocycles. The molecule has 0 aromatic heterocycles. The second kappa shape index (κ2) is 8.80. The molecule has 2 aliphatic heterocycles. The van der Waals surface area contributed by atoms with Crippen LogP contribution in [0, 0.1) is 31.6 Å². The quantitative estimate of drug-likeness (QED) is 0.289. The fourth-order valence-electron chi connectivity index (χ4n) is 5.19. The number of hydrogen-bond donors (Lipinski definition) is 0. The summed E-state index contributed by atoms with van der Waals surface area (Å²) < 4.78 is 5.60. The highest BCUT2D eigenvalue weighted by molar-refractivity contribution is 6.22. The van der Waals surface area contributed by atoms with Crippen LogP contribution in [0.15, 0.2) is 54.1 Å². The van der Waals surface area contributed by atoms with Crippen LogP contribution in [-0.2, 0) is 19.2 Å². The maximum atomic E-state index is 13.0. The molecule has 1 aliphatic carbocycles. The van der Waals surface area contributed by atoms with Crippen molar-refractivity contribution in [3.05, 3.63) is 65.2 Å². The summed E-state index contributed by atoms with van der Waals surface area (Å²) in [4.78, 5) is 54.4. The van der Waals surface area contributed by atoms with Gasteiger partial charge in [-0.15, -0.1) is 0 Å². The zero-order valence-electron chi connectivity index (χ0n) is 20.1. The number of fused-ring (bicyclic) bond motifs is 1.